The highest BCUT2D eigenvalue weighted by molar-refractivity contribution is 6.33. The van der Waals surface area contributed by atoms with Gasteiger partial charge < -0.3 is 21.1 Å². The van der Waals surface area contributed by atoms with Crippen molar-refractivity contribution < 1.29 is 18.3 Å². The Kier molecular flexibility index (Phi) is 6.22. The first-order valence-corrected chi connectivity index (χ1v) is 11.6. The normalized spacial score (nSPS) is 22.7. The highest BCUT2D eigenvalue weighted by atomic mass is 35.5. The number of ether oxygens (including phenoxy) is 1. The molecule has 1 atom stereocenters. The molecule has 1 aliphatic heterocycles. The van der Waals surface area contributed by atoms with E-state index in [1.54, 1.807) is 6.20 Å². The van der Waals surface area contributed by atoms with Crippen LogP contribution in [-0.4, -0.2) is 44.7 Å². The first kappa shape index (κ1) is 22.7. The summed E-state index contributed by atoms with van der Waals surface area (Å²) in [7, 11) is 0. The number of benzene rings is 1. The number of aromatic nitrogens is 4. The van der Waals surface area contributed by atoms with Gasteiger partial charge in [-0.15, -0.1) is 0 Å². The third kappa shape index (κ3) is 4.49. The molecule has 1 amide bonds. The van der Waals surface area contributed by atoms with Crippen LogP contribution in [0.1, 0.15) is 38.1 Å². The van der Waals surface area contributed by atoms with Gasteiger partial charge in [0.25, 0.3) is 0 Å². The van der Waals surface area contributed by atoms with E-state index in [1.807, 2.05) is 4.57 Å². The van der Waals surface area contributed by atoms with Crippen molar-refractivity contribution in [2.45, 2.75) is 44.2 Å². The number of imidazole rings is 1. The van der Waals surface area contributed by atoms with E-state index in [0.717, 1.165) is 18.6 Å². The molecule has 0 bridgehead atoms. The van der Waals surface area contributed by atoms with E-state index in [4.69, 9.17) is 27.1 Å². The zero-order valence-electron chi connectivity index (χ0n) is 18.2. The van der Waals surface area contributed by atoms with Gasteiger partial charge in [-0.1, -0.05) is 11.6 Å². The standard InChI is InChI=1S/C22H24ClF2N7O2/c23-15-7-12(24)8-16(25)18(15)30-22-29-17-9-27-21(28-13-5-6-34-10-13)31-20(17)32(22)14-3-1-11(2-4-14)19(26)33/h7-9,11,13-14H,1-6,10H2,(H2,26,33)(H,29,30)(H,27,28,31)/t11?,13-,14?/m0/s1. The number of anilines is 3. The minimum absolute atomic E-state index is 0.0667. The lowest BCUT2D eigenvalue weighted by atomic mass is 9.85. The molecule has 9 nitrogen and oxygen atoms in total. The molecule has 1 aliphatic carbocycles. The van der Waals surface area contributed by atoms with Crippen LogP contribution >= 0.6 is 11.6 Å². The van der Waals surface area contributed by atoms with Gasteiger partial charge >= 0.3 is 0 Å². The Morgan fingerprint density at radius 1 is 1.18 bits per heavy atom. The summed E-state index contributed by atoms with van der Waals surface area (Å²) in [6.45, 7) is 1.26. The number of carbonyl (C=O) groups is 1. The predicted molar refractivity (Wildman–Crippen MR) is 123 cm³/mol. The number of hydrogen-bond donors (Lipinski definition) is 3. The Morgan fingerprint density at radius 2 is 1.97 bits per heavy atom. The second-order valence-electron chi connectivity index (χ2n) is 8.69. The first-order valence-electron chi connectivity index (χ1n) is 11.2. The summed E-state index contributed by atoms with van der Waals surface area (Å²) >= 11 is 6.12. The number of rotatable bonds is 6. The molecule has 0 radical (unpaired) electrons. The molecular weight excluding hydrogens is 468 g/mol. The average molecular weight is 492 g/mol. The van der Waals surface area contributed by atoms with E-state index in [0.29, 0.717) is 62.0 Å². The fourth-order valence-corrected chi connectivity index (χ4v) is 4.86. The summed E-state index contributed by atoms with van der Waals surface area (Å²) in [6.07, 6.45) is 5.03. The molecule has 1 saturated carbocycles. The lowest BCUT2D eigenvalue weighted by Crippen LogP contribution is -2.29. The van der Waals surface area contributed by atoms with Crippen molar-refractivity contribution in [2.75, 3.05) is 23.8 Å². The molecule has 12 heteroatoms. The van der Waals surface area contributed by atoms with Crippen LogP contribution in [0.2, 0.25) is 5.02 Å². The van der Waals surface area contributed by atoms with Crippen LogP contribution in [0.15, 0.2) is 18.3 Å². The lowest BCUT2D eigenvalue weighted by Gasteiger charge is -2.29. The second kappa shape index (κ2) is 9.30. The molecule has 1 aromatic carbocycles. The smallest absolute Gasteiger partial charge is 0.225 e. The Bertz CT molecular complexity index is 1200. The fraction of sp³-hybridized carbons (Fsp3) is 0.455. The number of fused-ring (bicyclic) bond motifs is 1. The van der Waals surface area contributed by atoms with Crippen molar-refractivity contribution in [2.24, 2.45) is 11.7 Å². The van der Waals surface area contributed by atoms with Gasteiger partial charge in [0.05, 0.1) is 29.6 Å². The summed E-state index contributed by atoms with van der Waals surface area (Å²) in [6, 6.07) is 1.83. The Labute approximate surface area is 199 Å². The molecule has 1 saturated heterocycles. The van der Waals surface area contributed by atoms with E-state index in [9.17, 15) is 13.6 Å². The topological polar surface area (TPSA) is 120 Å². The van der Waals surface area contributed by atoms with E-state index >= 15 is 0 Å². The molecule has 4 N–H and O–H groups in total. The van der Waals surface area contributed by atoms with E-state index in [1.165, 1.54) is 0 Å². The van der Waals surface area contributed by atoms with Gasteiger partial charge in [0.2, 0.25) is 17.8 Å². The van der Waals surface area contributed by atoms with Crippen LogP contribution in [0.3, 0.4) is 0 Å². The highest BCUT2D eigenvalue weighted by Gasteiger charge is 2.30. The number of nitrogens with two attached hydrogens (primary N) is 1. The van der Waals surface area contributed by atoms with Gasteiger partial charge in [-0.2, -0.15) is 4.98 Å². The molecule has 2 aromatic heterocycles. The zero-order valence-corrected chi connectivity index (χ0v) is 19.0. The van der Waals surface area contributed by atoms with E-state index in [-0.39, 0.29) is 34.6 Å². The van der Waals surface area contributed by atoms with Crippen molar-refractivity contribution in [1.29, 1.82) is 0 Å². The van der Waals surface area contributed by atoms with Crippen LogP contribution in [0.25, 0.3) is 11.2 Å². The second-order valence-corrected chi connectivity index (χ2v) is 9.10. The first-order chi connectivity index (χ1) is 16.4. The molecule has 2 fully saturated rings. The Hall–Kier alpha value is -3.05. The molecule has 2 aliphatic rings. The van der Waals surface area contributed by atoms with Crippen molar-refractivity contribution in [3.05, 3.63) is 35.0 Å². The van der Waals surface area contributed by atoms with Crippen LogP contribution in [-0.2, 0) is 9.53 Å². The van der Waals surface area contributed by atoms with Crippen LogP contribution in [0, 0.1) is 17.6 Å². The summed E-state index contributed by atoms with van der Waals surface area (Å²) in [5, 5.41) is 6.10. The zero-order chi connectivity index (χ0) is 23.8. The molecule has 3 aromatic rings. The molecule has 0 unspecified atom stereocenters. The van der Waals surface area contributed by atoms with Crippen LogP contribution < -0.4 is 16.4 Å². The number of halogens is 3. The van der Waals surface area contributed by atoms with Crippen molar-refractivity contribution >= 4 is 46.3 Å². The van der Waals surface area contributed by atoms with Gasteiger partial charge in [-0.3, -0.25) is 9.36 Å². The Morgan fingerprint density at radius 3 is 2.65 bits per heavy atom. The van der Waals surface area contributed by atoms with Gasteiger partial charge in [-0.25, -0.2) is 18.7 Å². The van der Waals surface area contributed by atoms with Crippen LogP contribution in [0.4, 0.5) is 26.4 Å². The number of hydrogen-bond acceptors (Lipinski definition) is 7. The van der Waals surface area contributed by atoms with Gasteiger partial charge in [0.1, 0.15) is 11.3 Å². The largest absolute Gasteiger partial charge is 0.379 e. The predicted octanol–water partition coefficient (Wildman–Crippen LogP) is 3.92. The van der Waals surface area contributed by atoms with Gasteiger partial charge in [0.15, 0.2) is 11.5 Å². The number of nitrogens with zero attached hydrogens (tertiary/aromatic N) is 4. The molecule has 0 spiro atoms. The summed E-state index contributed by atoms with van der Waals surface area (Å²) in [5.74, 6) is -1.35. The number of primary amides is 1. The number of nitrogens with one attached hydrogen (secondary N) is 2. The maximum atomic E-state index is 14.5. The summed E-state index contributed by atoms with van der Waals surface area (Å²) in [4.78, 5) is 25.3. The average Bonchev–Trinajstić information content (AvgIpc) is 3.43. The number of amides is 1. The molecule has 34 heavy (non-hydrogen) atoms. The van der Waals surface area contributed by atoms with Crippen LogP contribution in [0.5, 0.6) is 0 Å². The summed E-state index contributed by atoms with van der Waals surface area (Å²) in [5.41, 5.74) is 6.48. The fourth-order valence-electron chi connectivity index (χ4n) is 4.62. The van der Waals surface area contributed by atoms with E-state index < -0.39 is 11.6 Å². The third-order valence-electron chi connectivity index (χ3n) is 6.40. The minimum Gasteiger partial charge on any atom is -0.379 e. The monoisotopic (exact) mass is 491 g/mol. The highest BCUT2D eigenvalue weighted by Crippen LogP contribution is 2.38. The van der Waals surface area contributed by atoms with Crippen molar-refractivity contribution in [3.63, 3.8) is 0 Å². The Balaban J connectivity index is 1.54. The molecular formula is C22H24ClF2N7O2. The number of carbonyl (C=O) groups excluding carboxylic acids is 1. The van der Waals surface area contributed by atoms with E-state index in [2.05, 4.69) is 20.6 Å². The SMILES string of the molecule is NC(=O)C1CCC(n2c(Nc3c(F)cc(F)cc3Cl)nc3cnc(N[C@H]4CCOC4)nc32)CC1. The minimum atomic E-state index is -0.837. The molecule has 180 valence electrons. The quantitative estimate of drug-likeness (QED) is 0.478. The lowest BCUT2D eigenvalue weighted by molar-refractivity contribution is -0.122. The summed E-state index contributed by atoms with van der Waals surface area (Å²) < 4.78 is 35.4. The van der Waals surface area contributed by atoms with Gasteiger partial charge in [0, 0.05) is 24.6 Å². The molecule has 3 heterocycles. The third-order valence-corrected chi connectivity index (χ3v) is 6.70. The van der Waals surface area contributed by atoms with Crippen molar-refractivity contribution in [1.82, 2.24) is 19.5 Å². The molecule has 5 rings (SSSR count). The maximum absolute atomic E-state index is 14.5. The van der Waals surface area contributed by atoms with Crippen molar-refractivity contribution in [3.8, 4) is 0 Å². The maximum Gasteiger partial charge on any atom is 0.225 e. The van der Waals surface area contributed by atoms with Gasteiger partial charge in [-0.05, 0) is 38.2 Å².